The molecule has 2 rings (SSSR count). The van der Waals surface area contributed by atoms with Gasteiger partial charge in [0.15, 0.2) is 5.13 Å². The van der Waals surface area contributed by atoms with E-state index in [1.807, 2.05) is 11.4 Å². The molecule has 0 saturated heterocycles. The highest BCUT2D eigenvalue weighted by Gasteiger charge is 2.00. The molecule has 0 aliphatic rings. The minimum atomic E-state index is -0.184. The van der Waals surface area contributed by atoms with Crippen molar-refractivity contribution < 1.29 is 4.39 Å². The van der Waals surface area contributed by atoms with Crippen LogP contribution in [0.4, 0.5) is 9.52 Å². The van der Waals surface area contributed by atoms with Gasteiger partial charge in [-0.15, -0.1) is 11.3 Å². The van der Waals surface area contributed by atoms with Gasteiger partial charge in [-0.05, 0) is 6.07 Å². The van der Waals surface area contributed by atoms with Crippen molar-refractivity contribution >= 4 is 16.5 Å². The lowest BCUT2D eigenvalue weighted by atomic mass is 10.2. The lowest BCUT2D eigenvalue weighted by Crippen LogP contribution is -2.00. The van der Waals surface area contributed by atoms with E-state index in [0.29, 0.717) is 12.1 Å². The van der Waals surface area contributed by atoms with Crippen LogP contribution in [0, 0.1) is 5.82 Å². The normalized spacial score (nSPS) is 10.1. The third-order valence-electron chi connectivity index (χ3n) is 1.82. The maximum atomic E-state index is 13.2. The van der Waals surface area contributed by atoms with E-state index in [4.69, 9.17) is 0 Å². The Morgan fingerprint density at radius 3 is 2.93 bits per heavy atom. The molecule has 0 aliphatic heterocycles. The zero-order chi connectivity index (χ0) is 9.80. The Bertz CT molecular complexity index is 400. The summed E-state index contributed by atoms with van der Waals surface area (Å²) in [5, 5.41) is 5.74. The van der Waals surface area contributed by atoms with E-state index >= 15 is 0 Å². The summed E-state index contributed by atoms with van der Waals surface area (Å²) in [5.41, 5.74) is 0.655. The lowest BCUT2D eigenvalue weighted by Gasteiger charge is -2.03. The Balaban J connectivity index is 2.02. The average molecular weight is 208 g/mol. The number of nitrogens with zero attached hydrogens (tertiary/aromatic N) is 1. The fourth-order valence-electron chi connectivity index (χ4n) is 1.12. The van der Waals surface area contributed by atoms with Crippen LogP contribution in [-0.4, -0.2) is 4.98 Å². The molecule has 0 aliphatic carbocycles. The van der Waals surface area contributed by atoms with Crippen molar-refractivity contribution in [2.45, 2.75) is 6.54 Å². The number of hydrogen-bond donors (Lipinski definition) is 1. The molecule has 1 N–H and O–H groups in total. The number of anilines is 1. The smallest absolute Gasteiger partial charge is 0.182 e. The SMILES string of the molecule is Fc1ccccc1CNc1nccs1. The number of thiazole rings is 1. The highest BCUT2D eigenvalue weighted by molar-refractivity contribution is 7.13. The topological polar surface area (TPSA) is 24.9 Å². The molecule has 72 valence electrons. The van der Waals surface area contributed by atoms with Crippen LogP contribution < -0.4 is 5.32 Å². The molecule has 0 spiro atoms. The molecule has 4 heteroatoms. The summed E-state index contributed by atoms with van der Waals surface area (Å²) in [5.74, 6) is -0.184. The van der Waals surface area contributed by atoms with Crippen molar-refractivity contribution in [2.75, 3.05) is 5.32 Å². The first-order chi connectivity index (χ1) is 6.86. The average Bonchev–Trinajstić information content (AvgIpc) is 2.69. The summed E-state index contributed by atoms with van der Waals surface area (Å²) >= 11 is 1.50. The van der Waals surface area contributed by atoms with Gasteiger partial charge in [-0.3, -0.25) is 0 Å². The molecule has 0 saturated carbocycles. The minimum absolute atomic E-state index is 0.184. The highest BCUT2D eigenvalue weighted by Crippen LogP contribution is 2.13. The Hall–Kier alpha value is -1.42. The Labute approximate surface area is 85.4 Å². The molecule has 14 heavy (non-hydrogen) atoms. The first-order valence-corrected chi connectivity index (χ1v) is 5.11. The summed E-state index contributed by atoms with van der Waals surface area (Å²) in [6.07, 6.45) is 1.72. The van der Waals surface area contributed by atoms with Crippen molar-refractivity contribution in [1.29, 1.82) is 0 Å². The van der Waals surface area contributed by atoms with Crippen molar-refractivity contribution in [2.24, 2.45) is 0 Å². The van der Waals surface area contributed by atoms with Gasteiger partial charge in [-0.1, -0.05) is 18.2 Å². The molecule has 1 aromatic heterocycles. The monoisotopic (exact) mass is 208 g/mol. The zero-order valence-corrected chi connectivity index (χ0v) is 8.22. The summed E-state index contributed by atoms with van der Waals surface area (Å²) in [6, 6.07) is 6.72. The predicted molar refractivity (Wildman–Crippen MR) is 55.8 cm³/mol. The maximum Gasteiger partial charge on any atom is 0.182 e. The Kier molecular flexibility index (Phi) is 2.74. The summed E-state index contributed by atoms with van der Waals surface area (Å²) < 4.78 is 13.2. The second-order valence-electron chi connectivity index (χ2n) is 2.78. The fraction of sp³-hybridized carbons (Fsp3) is 0.100. The van der Waals surface area contributed by atoms with Gasteiger partial charge in [0, 0.05) is 23.7 Å². The molecule has 2 aromatic rings. The molecule has 2 nitrogen and oxygen atoms in total. The third-order valence-corrected chi connectivity index (χ3v) is 2.55. The number of aromatic nitrogens is 1. The minimum Gasteiger partial charge on any atom is -0.357 e. The fourth-order valence-corrected chi connectivity index (χ4v) is 1.65. The van der Waals surface area contributed by atoms with Gasteiger partial charge in [0.05, 0.1) is 0 Å². The van der Waals surface area contributed by atoms with Crippen LogP contribution in [0.5, 0.6) is 0 Å². The van der Waals surface area contributed by atoms with Crippen molar-refractivity contribution in [1.82, 2.24) is 4.98 Å². The lowest BCUT2D eigenvalue weighted by molar-refractivity contribution is 0.613. The molecule has 0 radical (unpaired) electrons. The molecule has 0 fully saturated rings. The van der Waals surface area contributed by atoms with Gasteiger partial charge in [0.2, 0.25) is 0 Å². The molecule has 0 atom stereocenters. The second-order valence-corrected chi connectivity index (χ2v) is 3.68. The van der Waals surface area contributed by atoms with Gasteiger partial charge in [0.25, 0.3) is 0 Å². The van der Waals surface area contributed by atoms with Crippen LogP contribution in [0.15, 0.2) is 35.8 Å². The van der Waals surface area contributed by atoms with Gasteiger partial charge in [-0.25, -0.2) is 9.37 Å². The Morgan fingerprint density at radius 1 is 1.36 bits per heavy atom. The van der Waals surface area contributed by atoms with E-state index in [-0.39, 0.29) is 5.82 Å². The summed E-state index contributed by atoms with van der Waals surface area (Å²) in [6.45, 7) is 0.472. The van der Waals surface area contributed by atoms with Crippen LogP contribution in [0.25, 0.3) is 0 Å². The maximum absolute atomic E-state index is 13.2. The van der Waals surface area contributed by atoms with E-state index in [1.54, 1.807) is 18.3 Å². The van der Waals surface area contributed by atoms with Gasteiger partial charge >= 0.3 is 0 Å². The summed E-state index contributed by atoms with van der Waals surface area (Å²) in [4.78, 5) is 4.05. The first kappa shape index (κ1) is 9.15. The second kappa shape index (κ2) is 4.19. The number of halogens is 1. The quantitative estimate of drug-likeness (QED) is 0.838. The van der Waals surface area contributed by atoms with E-state index in [0.717, 1.165) is 5.13 Å². The van der Waals surface area contributed by atoms with E-state index in [1.165, 1.54) is 17.4 Å². The van der Waals surface area contributed by atoms with Crippen molar-refractivity contribution in [3.05, 3.63) is 47.2 Å². The van der Waals surface area contributed by atoms with E-state index in [2.05, 4.69) is 10.3 Å². The standard InChI is InChI=1S/C10H9FN2S/c11-9-4-2-1-3-8(9)7-13-10-12-5-6-14-10/h1-6H,7H2,(H,12,13). The van der Waals surface area contributed by atoms with E-state index in [9.17, 15) is 4.39 Å². The highest BCUT2D eigenvalue weighted by atomic mass is 32.1. The van der Waals surface area contributed by atoms with Crippen molar-refractivity contribution in [3.63, 3.8) is 0 Å². The third kappa shape index (κ3) is 2.09. The summed E-state index contributed by atoms with van der Waals surface area (Å²) in [7, 11) is 0. The zero-order valence-electron chi connectivity index (χ0n) is 7.40. The molecule has 0 bridgehead atoms. The Morgan fingerprint density at radius 2 is 2.21 bits per heavy atom. The number of benzene rings is 1. The largest absolute Gasteiger partial charge is 0.357 e. The van der Waals surface area contributed by atoms with Crippen LogP contribution in [0.1, 0.15) is 5.56 Å². The van der Waals surface area contributed by atoms with Crippen LogP contribution in [0.2, 0.25) is 0 Å². The first-order valence-electron chi connectivity index (χ1n) is 4.23. The van der Waals surface area contributed by atoms with Crippen LogP contribution in [-0.2, 0) is 6.54 Å². The number of nitrogens with one attached hydrogen (secondary N) is 1. The molecule has 0 unspecified atom stereocenters. The van der Waals surface area contributed by atoms with Gasteiger partial charge in [0.1, 0.15) is 5.82 Å². The molecule has 1 aromatic carbocycles. The van der Waals surface area contributed by atoms with Crippen molar-refractivity contribution in [3.8, 4) is 0 Å². The molecular weight excluding hydrogens is 199 g/mol. The van der Waals surface area contributed by atoms with E-state index < -0.39 is 0 Å². The molecule has 0 amide bonds. The van der Waals surface area contributed by atoms with Crippen LogP contribution in [0.3, 0.4) is 0 Å². The number of hydrogen-bond acceptors (Lipinski definition) is 3. The molecular formula is C10H9FN2S. The van der Waals surface area contributed by atoms with Gasteiger partial charge in [-0.2, -0.15) is 0 Å². The van der Waals surface area contributed by atoms with Gasteiger partial charge < -0.3 is 5.32 Å². The van der Waals surface area contributed by atoms with Crippen LogP contribution >= 0.6 is 11.3 Å². The predicted octanol–water partition coefficient (Wildman–Crippen LogP) is 2.89. The molecule has 1 heterocycles. The number of rotatable bonds is 3.